The first-order valence-electron chi connectivity index (χ1n) is 12.3. The third-order valence-corrected chi connectivity index (χ3v) is 6.94. The number of nitrogens with zero attached hydrogens (tertiary/aromatic N) is 3. The van der Waals surface area contributed by atoms with Crippen molar-refractivity contribution >= 4 is 11.7 Å². The van der Waals surface area contributed by atoms with Crippen LogP contribution in [-0.4, -0.2) is 46.2 Å². The lowest BCUT2D eigenvalue weighted by Crippen LogP contribution is -2.45. The number of aryl methyl sites for hydroxylation is 1. The van der Waals surface area contributed by atoms with Gasteiger partial charge >= 0.3 is 0 Å². The Kier molecular flexibility index (Phi) is 7.75. The van der Waals surface area contributed by atoms with Gasteiger partial charge in [-0.2, -0.15) is 0 Å². The van der Waals surface area contributed by atoms with E-state index in [4.69, 9.17) is 4.74 Å². The molecule has 1 aromatic carbocycles. The number of rotatable bonds is 8. The Balaban J connectivity index is 1.33. The molecule has 10 heteroatoms. The van der Waals surface area contributed by atoms with Crippen LogP contribution >= 0.6 is 0 Å². The normalized spacial score (nSPS) is 20.3. The summed E-state index contributed by atoms with van der Waals surface area (Å²) >= 11 is 0. The Morgan fingerprint density at radius 1 is 1.25 bits per heavy atom. The Morgan fingerprint density at radius 3 is 2.69 bits per heavy atom. The standard InChI is InChI=1S/C26H35FN6O3/c1-16-11-19(13-22(29-16)25(34)28-14-18-7-10-21(27)23(12-18)36-4)24-30-32-33(31-24)15-17-5-8-20(9-6-17)26(2,3)35/h7,10-13,17,20,32,35H,5-6,8-9,14-15H2,1-4H3,(H,28,34)(H,30,31). The molecule has 0 bridgehead atoms. The summed E-state index contributed by atoms with van der Waals surface area (Å²) in [5.41, 5.74) is 8.10. The Morgan fingerprint density at radius 2 is 2.00 bits per heavy atom. The van der Waals surface area contributed by atoms with E-state index in [2.05, 4.69) is 26.4 Å². The third kappa shape index (κ3) is 6.30. The summed E-state index contributed by atoms with van der Waals surface area (Å²) in [4.78, 5) is 17.2. The number of aromatic nitrogens is 1. The van der Waals surface area contributed by atoms with Crippen LogP contribution in [0.3, 0.4) is 0 Å². The van der Waals surface area contributed by atoms with Crippen molar-refractivity contribution in [3.63, 3.8) is 0 Å². The van der Waals surface area contributed by atoms with E-state index in [9.17, 15) is 14.3 Å². The minimum atomic E-state index is -0.625. The van der Waals surface area contributed by atoms with Gasteiger partial charge in [-0.1, -0.05) is 6.07 Å². The van der Waals surface area contributed by atoms with Crippen molar-refractivity contribution in [1.82, 2.24) is 26.4 Å². The summed E-state index contributed by atoms with van der Waals surface area (Å²) in [6.07, 6.45) is 4.15. The summed E-state index contributed by atoms with van der Waals surface area (Å²) in [5, 5.41) is 19.4. The predicted octanol–water partition coefficient (Wildman–Crippen LogP) is 3.03. The summed E-state index contributed by atoms with van der Waals surface area (Å²) < 4.78 is 18.6. The molecular weight excluding hydrogens is 463 g/mol. The number of halogens is 1. The number of hydrazine groups is 2. The first-order valence-corrected chi connectivity index (χ1v) is 12.3. The van der Waals surface area contributed by atoms with E-state index >= 15 is 0 Å². The Bertz CT molecular complexity index is 1130. The number of hydrazone groups is 1. The van der Waals surface area contributed by atoms with Crippen LogP contribution in [0.2, 0.25) is 0 Å². The van der Waals surface area contributed by atoms with E-state index in [0.29, 0.717) is 28.9 Å². The van der Waals surface area contributed by atoms with Crippen LogP contribution in [0.1, 0.15) is 66.8 Å². The van der Waals surface area contributed by atoms with E-state index < -0.39 is 11.4 Å². The molecule has 0 radical (unpaired) electrons. The van der Waals surface area contributed by atoms with Crippen LogP contribution < -0.4 is 21.0 Å². The Hall–Kier alpha value is -3.24. The smallest absolute Gasteiger partial charge is 0.270 e. The highest BCUT2D eigenvalue weighted by Crippen LogP contribution is 2.35. The van der Waals surface area contributed by atoms with Gasteiger partial charge in [-0.25, -0.2) is 14.9 Å². The molecule has 1 amide bonds. The summed E-state index contributed by atoms with van der Waals surface area (Å²) in [5.74, 6) is 0.800. The predicted molar refractivity (Wildman–Crippen MR) is 134 cm³/mol. The lowest BCUT2D eigenvalue weighted by molar-refractivity contribution is -0.0102. The van der Waals surface area contributed by atoms with Crippen LogP contribution in [0.5, 0.6) is 5.75 Å². The first-order chi connectivity index (χ1) is 17.1. The van der Waals surface area contributed by atoms with Crippen molar-refractivity contribution in [3.05, 3.63) is 58.7 Å². The number of ether oxygens (including phenoxy) is 1. The molecule has 1 saturated carbocycles. The Labute approximate surface area is 211 Å². The highest BCUT2D eigenvalue weighted by molar-refractivity contribution is 6.01. The molecule has 2 heterocycles. The number of hydrogen-bond donors (Lipinski definition) is 4. The zero-order chi connectivity index (χ0) is 25.9. The lowest BCUT2D eigenvalue weighted by Gasteiger charge is -2.36. The van der Waals surface area contributed by atoms with Crippen molar-refractivity contribution in [2.45, 2.75) is 58.6 Å². The molecular formula is C26H35FN6O3. The molecule has 36 heavy (non-hydrogen) atoms. The largest absolute Gasteiger partial charge is 0.494 e. The third-order valence-electron chi connectivity index (χ3n) is 6.94. The molecule has 194 valence electrons. The van der Waals surface area contributed by atoms with E-state index in [1.54, 1.807) is 18.2 Å². The molecule has 2 aliphatic rings. The number of benzene rings is 1. The number of amides is 1. The number of pyridine rings is 1. The molecule has 1 aliphatic heterocycles. The molecule has 2 aromatic rings. The molecule has 1 fully saturated rings. The number of carbonyl (C=O) groups is 1. The number of carbonyl (C=O) groups excluding carboxylic acids is 1. The molecule has 1 aliphatic carbocycles. The van der Waals surface area contributed by atoms with E-state index in [1.807, 2.05) is 32.0 Å². The van der Waals surface area contributed by atoms with Gasteiger partial charge in [0.25, 0.3) is 5.91 Å². The van der Waals surface area contributed by atoms with Crippen LogP contribution in [0.4, 0.5) is 4.39 Å². The van der Waals surface area contributed by atoms with Gasteiger partial charge in [-0.15, -0.1) is 10.2 Å². The minimum absolute atomic E-state index is 0.130. The fourth-order valence-corrected chi connectivity index (χ4v) is 4.82. The van der Waals surface area contributed by atoms with Crippen LogP contribution in [0, 0.1) is 24.6 Å². The summed E-state index contributed by atoms with van der Waals surface area (Å²) in [6, 6.07) is 8.03. The van der Waals surface area contributed by atoms with Gasteiger partial charge in [-0.05, 0) is 88.1 Å². The second-order valence-electron chi connectivity index (χ2n) is 10.2. The van der Waals surface area contributed by atoms with Crippen molar-refractivity contribution in [3.8, 4) is 5.75 Å². The number of amidine groups is 1. The van der Waals surface area contributed by atoms with Gasteiger partial charge in [0, 0.05) is 24.3 Å². The second kappa shape index (κ2) is 10.8. The van der Waals surface area contributed by atoms with Gasteiger partial charge in [0.05, 0.1) is 12.7 Å². The number of methoxy groups -OCH3 is 1. The quantitative estimate of drug-likeness (QED) is 0.443. The molecule has 0 spiro atoms. The molecule has 0 saturated heterocycles. The molecule has 0 unspecified atom stereocenters. The average Bonchev–Trinajstić information content (AvgIpc) is 3.31. The lowest BCUT2D eigenvalue weighted by atomic mass is 9.75. The van der Waals surface area contributed by atoms with Crippen LogP contribution in [0.25, 0.3) is 0 Å². The molecule has 4 rings (SSSR count). The molecule has 1 aromatic heterocycles. The van der Waals surface area contributed by atoms with Gasteiger partial charge in [0.15, 0.2) is 17.4 Å². The zero-order valence-electron chi connectivity index (χ0n) is 21.3. The van der Waals surface area contributed by atoms with Crippen LogP contribution in [0.15, 0.2) is 35.4 Å². The molecule has 0 atom stereocenters. The fraction of sp³-hybridized carbons (Fsp3) is 0.500. The van der Waals surface area contributed by atoms with E-state index in [1.165, 1.54) is 13.2 Å². The van der Waals surface area contributed by atoms with Crippen molar-refractivity contribution < 1.29 is 19.0 Å². The first kappa shape index (κ1) is 25.8. The van der Waals surface area contributed by atoms with E-state index in [-0.39, 0.29) is 23.9 Å². The van der Waals surface area contributed by atoms with E-state index in [0.717, 1.165) is 37.8 Å². The number of aliphatic hydroxyl groups is 1. The van der Waals surface area contributed by atoms with Gasteiger partial charge in [-0.3, -0.25) is 10.2 Å². The topological polar surface area (TPSA) is 111 Å². The van der Waals surface area contributed by atoms with Crippen LogP contribution in [-0.2, 0) is 6.54 Å². The average molecular weight is 499 g/mol. The second-order valence-corrected chi connectivity index (χ2v) is 10.2. The monoisotopic (exact) mass is 498 g/mol. The highest BCUT2D eigenvalue weighted by atomic mass is 19.1. The van der Waals surface area contributed by atoms with Crippen molar-refractivity contribution in [1.29, 1.82) is 0 Å². The van der Waals surface area contributed by atoms with Gasteiger partial charge in [0.2, 0.25) is 0 Å². The highest BCUT2D eigenvalue weighted by Gasteiger charge is 2.32. The molecule has 9 nitrogen and oxygen atoms in total. The van der Waals surface area contributed by atoms with Crippen molar-refractivity contribution in [2.75, 3.05) is 13.7 Å². The SMILES string of the molecule is COc1cc(CNC(=O)c2cc(C3=NNN(CC4CCC(C(C)(C)O)CC4)N3)cc(C)n2)ccc1F. The minimum Gasteiger partial charge on any atom is -0.494 e. The van der Waals surface area contributed by atoms with Gasteiger partial charge < -0.3 is 15.2 Å². The number of hydrogen-bond acceptors (Lipinski definition) is 8. The van der Waals surface area contributed by atoms with Crippen molar-refractivity contribution in [2.24, 2.45) is 16.9 Å². The maximum absolute atomic E-state index is 13.6. The summed E-state index contributed by atoms with van der Waals surface area (Å²) in [7, 11) is 1.40. The molecule has 4 N–H and O–H groups in total. The zero-order valence-corrected chi connectivity index (χ0v) is 21.3. The summed E-state index contributed by atoms with van der Waals surface area (Å²) in [6.45, 7) is 6.61. The maximum Gasteiger partial charge on any atom is 0.270 e. The fourth-order valence-electron chi connectivity index (χ4n) is 4.82. The van der Waals surface area contributed by atoms with Gasteiger partial charge in [0.1, 0.15) is 5.69 Å². The number of nitrogens with one attached hydrogen (secondary N) is 3. The maximum atomic E-state index is 13.6.